The monoisotopic (exact) mass is 236 g/mol. The van der Waals surface area contributed by atoms with E-state index in [1.54, 1.807) is 6.20 Å². The van der Waals surface area contributed by atoms with Gasteiger partial charge in [-0.05, 0) is 24.3 Å². The Labute approximate surface area is 104 Å². The summed E-state index contributed by atoms with van der Waals surface area (Å²) < 4.78 is 0. The molecule has 2 aromatic heterocycles. The van der Waals surface area contributed by atoms with Crippen LogP contribution >= 0.6 is 0 Å². The summed E-state index contributed by atoms with van der Waals surface area (Å²) in [5.74, 6) is 5.39. The molecule has 3 rings (SSSR count). The van der Waals surface area contributed by atoms with E-state index in [9.17, 15) is 0 Å². The lowest BCUT2D eigenvalue weighted by molar-refractivity contribution is 1.25. The minimum Gasteiger partial charge on any atom is -0.324 e. The Morgan fingerprint density at radius 3 is 2.72 bits per heavy atom. The maximum Gasteiger partial charge on any atom is 0.0907 e. The maximum atomic E-state index is 5.39. The standard InChI is InChI=1S/C14H12N4/c15-18-11-7-8-16-14(9-11)13-6-5-10-3-1-2-4-12(10)17-13/h1-9H,15H2,(H,16,18). The van der Waals surface area contributed by atoms with Crippen molar-refractivity contribution in [3.8, 4) is 11.4 Å². The van der Waals surface area contributed by atoms with Gasteiger partial charge in [0.05, 0.1) is 22.6 Å². The molecule has 0 aliphatic heterocycles. The second-order valence-electron chi connectivity index (χ2n) is 3.96. The first kappa shape index (κ1) is 10.7. The highest BCUT2D eigenvalue weighted by molar-refractivity contribution is 5.81. The quantitative estimate of drug-likeness (QED) is 0.530. The Balaban J connectivity index is 2.13. The van der Waals surface area contributed by atoms with Crippen LogP contribution in [-0.2, 0) is 0 Å². The number of benzene rings is 1. The van der Waals surface area contributed by atoms with Crippen molar-refractivity contribution in [1.29, 1.82) is 0 Å². The first-order valence-electron chi connectivity index (χ1n) is 5.66. The fourth-order valence-corrected chi connectivity index (χ4v) is 1.87. The summed E-state index contributed by atoms with van der Waals surface area (Å²) in [5, 5.41) is 1.12. The zero-order valence-electron chi connectivity index (χ0n) is 9.67. The van der Waals surface area contributed by atoms with Gasteiger partial charge in [0.2, 0.25) is 0 Å². The topological polar surface area (TPSA) is 63.8 Å². The summed E-state index contributed by atoms with van der Waals surface area (Å²) in [5.41, 5.74) is 6.02. The molecular weight excluding hydrogens is 224 g/mol. The summed E-state index contributed by atoms with van der Waals surface area (Å²) in [6, 6.07) is 15.7. The van der Waals surface area contributed by atoms with E-state index in [0.717, 1.165) is 28.0 Å². The predicted octanol–water partition coefficient (Wildman–Crippen LogP) is 2.58. The molecule has 0 aliphatic carbocycles. The van der Waals surface area contributed by atoms with Gasteiger partial charge < -0.3 is 5.43 Å². The molecule has 0 saturated heterocycles. The third-order valence-corrected chi connectivity index (χ3v) is 2.79. The van der Waals surface area contributed by atoms with Crippen LogP contribution in [0.3, 0.4) is 0 Å². The van der Waals surface area contributed by atoms with Gasteiger partial charge in [0, 0.05) is 11.6 Å². The van der Waals surface area contributed by atoms with Crippen molar-refractivity contribution in [1.82, 2.24) is 9.97 Å². The van der Waals surface area contributed by atoms with Crippen LogP contribution in [-0.4, -0.2) is 9.97 Å². The molecule has 0 fully saturated rings. The molecule has 88 valence electrons. The second-order valence-corrected chi connectivity index (χ2v) is 3.96. The van der Waals surface area contributed by atoms with Gasteiger partial charge in [0.1, 0.15) is 0 Å². The summed E-state index contributed by atoms with van der Waals surface area (Å²) in [6.07, 6.45) is 1.71. The number of rotatable bonds is 2. The predicted molar refractivity (Wildman–Crippen MR) is 72.8 cm³/mol. The van der Waals surface area contributed by atoms with E-state index in [1.807, 2.05) is 48.5 Å². The fourth-order valence-electron chi connectivity index (χ4n) is 1.87. The van der Waals surface area contributed by atoms with Gasteiger partial charge in [-0.1, -0.05) is 24.3 Å². The average Bonchev–Trinajstić information content (AvgIpc) is 2.47. The average molecular weight is 236 g/mol. The van der Waals surface area contributed by atoms with Crippen molar-refractivity contribution < 1.29 is 0 Å². The first-order chi connectivity index (χ1) is 8.86. The SMILES string of the molecule is NNc1ccnc(-c2ccc3ccccc3n2)c1. The zero-order chi connectivity index (χ0) is 12.4. The molecule has 2 heterocycles. The van der Waals surface area contributed by atoms with Gasteiger partial charge in [-0.15, -0.1) is 0 Å². The lowest BCUT2D eigenvalue weighted by Crippen LogP contribution is -2.06. The number of fused-ring (bicyclic) bond motifs is 1. The number of nitrogens with one attached hydrogen (secondary N) is 1. The van der Waals surface area contributed by atoms with Crippen LogP contribution < -0.4 is 11.3 Å². The molecule has 4 heteroatoms. The Morgan fingerprint density at radius 1 is 0.944 bits per heavy atom. The number of nitrogens with two attached hydrogens (primary N) is 1. The number of aromatic nitrogens is 2. The van der Waals surface area contributed by atoms with E-state index in [1.165, 1.54) is 0 Å². The smallest absolute Gasteiger partial charge is 0.0907 e. The third-order valence-electron chi connectivity index (χ3n) is 2.79. The Kier molecular flexibility index (Phi) is 2.63. The lowest BCUT2D eigenvalue weighted by atomic mass is 10.1. The normalized spacial score (nSPS) is 10.5. The largest absolute Gasteiger partial charge is 0.324 e. The van der Waals surface area contributed by atoms with Crippen LogP contribution in [0.4, 0.5) is 5.69 Å². The summed E-state index contributed by atoms with van der Waals surface area (Å²) in [6.45, 7) is 0. The van der Waals surface area contributed by atoms with E-state index in [2.05, 4.69) is 15.4 Å². The van der Waals surface area contributed by atoms with Gasteiger partial charge in [0.15, 0.2) is 0 Å². The van der Waals surface area contributed by atoms with Crippen molar-refractivity contribution in [3.05, 3.63) is 54.7 Å². The van der Waals surface area contributed by atoms with Gasteiger partial charge in [0.25, 0.3) is 0 Å². The van der Waals surface area contributed by atoms with Crippen LogP contribution in [0, 0.1) is 0 Å². The Morgan fingerprint density at radius 2 is 1.83 bits per heavy atom. The van der Waals surface area contributed by atoms with E-state index >= 15 is 0 Å². The molecule has 0 saturated carbocycles. The van der Waals surface area contributed by atoms with Crippen molar-refractivity contribution in [2.24, 2.45) is 5.84 Å². The number of pyridine rings is 2. The fraction of sp³-hybridized carbons (Fsp3) is 0. The third kappa shape index (κ3) is 1.89. The molecule has 4 nitrogen and oxygen atoms in total. The molecule has 0 radical (unpaired) electrons. The minimum absolute atomic E-state index is 0.802. The minimum atomic E-state index is 0.802. The highest BCUT2D eigenvalue weighted by Gasteiger charge is 2.03. The van der Waals surface area contributed by atoms with Crippen molar-refractivity contribution >= 4 is 16.6 Å². The molecule has 0 spiro atoms. The van der Waals surface area contributed by atoms with Crippen LogP contribution in [0.25, 0.3) is 22.3 Å². The number of nitrogens with zero attached hydrogens (tertiary/aromatic N) is 2. The Bertz CT molecular complexity index is 694. The molecule has 0 amide bonds. The van der Waals surface area contributed by atoms with Crippen LogP contribution in [0.1, 0.15) is 0 Å². The highest BCUT2D eigenvalue weighted by atomic mass is 15.2. The number of nitrogen functional groups attached to an aromatic ring is 1. The number of hydrogen-bond donors (Lipinski definition) is 2. The molecule has 1 aromatic carbocycles. The molecule has 3 N–H and O–H groups in total. The maximum absolute atomic E-state index is 5.39. The summed E-state index contributed by atoms with van der Waals surface area (Å²) >= 11 is 0. The van der Waals surface area contributed by atoms with E-state index in [0.29, 0.717) is 0 Å². The zero-order valence-corrected chi connectivity index (χ0v) is 9.67. The molecule has 0 unspecified atom stereocenters. The van der Waals surface area contributed by atoms with E-state index in [-0.39, 0.29) is 0 Å². The van der Waals surface area contributed by atoms with E-state index in [4.69, 9.17) is 5.84 Å². The molecular formula is C14H12N4. The van der Waals surface area contributed by atoms with Gasteiger partial charge >= 0.3 is 0 Å². The second kappa shape index (κ2) is 4.43. The van der Waals surface area contributed by atoms with Gasteiger partial charge in [-0.2, -0.15) is 0 Å². The number of hydrogen-bond acceptors (Lipinski definition) is 4. The highest BCUT2D eigenvalue weighted by Crippen LogP contribution is 2.20. The number of para-hydroxylation sites is 1. The van der Waals surface area contributed by atoms with E-state index < -0.39 is 0 Å². The van der Waals surface area contributed by atoms with Crippen LogP contribution in [0.2, 0.25) is 0 Å². The molecule has 18 heavy (non-hydrogen) atoms. The van der Waals surface area contributed by atoms with Crippen LogP contribution in [0.5, 0.6) is 0 Å². The molecule has 0 bridgehead atoms. The summed E-state index contributed by atoms with van der Waals surface area (Å²) in [4.78, 5) is 8.90. The molecule has 0 aliphatic rings. The van der Waals surface area contributed by atoms with Gasteiger partial charge in [-0.3, -0.25) is 10.8 Å². The van der Waals surface area contributed by atoms with Crippen molar-refractivity contribution in [2.45, 2.75) is 0 Å². The lowest BCUT2D eigenvalue weighted by Gasteiger charge is -2.04. The number of hydrazine groups is 1. The molecule has 0 atom stereocenters. The summed E-state index contributed by atoms with van der Waals surface area (Å²) in [7, 11) is 0. The number of anilines is 1. The molecule has 3 aromatic rings. The van der Waals surface area contributed by atoms with Crippen LogP contribution in [0.15, 0.2) is 54.7 Å². The Hall–Kier alpha value is -2.46. The first-order valence-corrected chi connectivity index (χ1v) is 5.66. The van der Waals surface area contributed by atoms with Crippen molar-refractivity contribution in [2.75, 3.05) is 5.43 Å². The van der Waals surface area contributed by atoms with Gasteiger partial charge in [-0.25, -0.2) is 4.98 Å². The van der Waals surface area contributed by atoms with Crippen molar-refractivity contribution in [3.63, 3.8) is 0 Å².